The quantitative estimate of drug-likeness (QED) is 0.772. The lowest BCUT2D eigenvalue weighted by Gasteiger charge is -2.33. The molecule has 1 aliphatic rings. The lowest BCUT2D eigenvalue weighted by Crippen LogP contribution is -2.47. The monoisotopic (exact) mass is 212 g/mol. The van der Waals surface area contributed by atoms with Crippen molar-refractivity contribution in [2.45, 2.75) is 52.0 Å². The highest BCUT2D eigenvalue weighted by atomic mass is 16.2. The third-order valence-electron chi connectivity index (χ3n) is 3.42. The van der Waals surface area contributed by atoms with E-state index in [9.17, 15) is 4.79 Å². The largest absolute Gasteiger partial charge is 0.341 e. The van der Waals surface area contributed by atoms with Gasteiger partial charge in [-0.05, 0) is 25.2 Å². The number of carbonyl (C=O) groups excluding carboxylic acids is 1. The van der Waals surface area contributed by atoms with E-state index in [2.05, 4.69) is 13.8 Å². The molecule has 0 saturated carbocycles. The minimum absolute atomic E-state index is 0.159. The Morgan fingerprint density at radius 2 is 2.00 bits per heavy atom. The third-order valence-corrected chi connectivity index (χ3v) is 3.42. The van der Waals surface area contributed by atoms with Gasteiger partial charge in [-0.3, -0.25) is 4.79 Å². The first kappa shape index (κ1) is 12.5. The highest BCUT2D eigenvalue weighted by Gasteiger charge is 2.24. The molecule has 0 aromatic heterocycles. The molecule has 0 unspecified atom stereocenters. The molecule has 1 aliphatic heterocycles. The van der Waals surface area contributed by atoms with E-state index in [1.165, 1.54) is 6.42 Å². The third kappa shape index (κ3) is 3.49. The van der Waals surface area contributed by atoms with E-state index < -0.39 is 0 Å². The molecule has 1 atom stereocenters. The summed E-state index contributed by atoms with van der Waals surface area (Å²) in [6.45, 7) is 6.12. The number of hydrogen-bond acceptors (Lipinski definition) is 2. The lowest BCUT2D eigenvalue weighted by atomic mass is 9.94. The zero-order valence-electron chi connectivity index (χ0n) is 10.0. The fourth-order valence-electron chi connectivity index (χ4n) is 2.23. The molecule has 1 rings (SSSR count). The molecule has 3 heteroatoms. The summed E-state index contributed by atoms with van der Waals surface area (Å²) in [5.41, 5.74) is 5.83. The van der Waals surface area contributed by atoms with Crippen LogP contribution in [0.2, 0.25) is 0 Å². The van der Waals surface area contributed by atoms with E-state index in [1.54, 1.807) is 0 Å². The second-order valence-electron chi connectivity index (χ2n) is 4.57. The van der Waals surface area contributed by atoms with Crippen LogP contribution >= 0.6 is 0 Å². The Morgan fingerprint density at radius 1 is 1.40 bits per heavy atom. The van der Waals surface area contributed by atoms with Crippen LogP contribution in [0.4, 0.5) is 0 Å². The van der Waals surface area contributed by atoms with Crippen LogP contribution in [-0.2, 0) is 4.79 Å². The molecule has 0 aromatic carbocycles. The van der Waals surface area contributed by atoms with Crippen LogP contribution in [0.1, 0.15) is 46.0 Å². The Morgan fingerprint density at radius 3 is 2.47 bits per heavy atom. The maximum Gasteiger partial charge on any atom is 0.239 e. The van der Waals surface area contributed by atoms with Crippen molar-refractivity contribution in [3.05, 3.63) is 0 Å². The summed E-state index contributed by atoms with van der Waals surface area (Å²) in [4.78, 5) is 13.8. The second-order valence-corrected chi connectivity index (χ2v) is 4.57. The zero-order chi connectivity index (χ0) is 11.3. The summed E-state index contributed by atoms with van der Waals surface area (Å²) in [7, 11) is 0. The number of rotatable bonds is 4. The van der Waals surface area contributed by atoms with Crippen LogP contribution in [0.15, 0.2) is 0 Å². The standard InChI is InChI=1S/C12H24N2O/c1-3-5-11(13)12(15)14-8-6-10(4-2)7-9-14/h10-11H,3-9,13H2,1-2H3/t11-/m0/s1. The minimum Gasteiger partial charge on any atom is -0.341 e. The van der Waals surface area contributed by atoms with Crippen LogP contribution in [0.25, 0.3) is 0 Å². The van der Waals surface area contributed by atoms with Gasteiger partial charge in [0.25, 0.3) is 0 Å². The van der Waals surface area contributed by atoms with Gasteiger partial charge in [0, 0.05) is 13.1 Å². The molecule has 1 amide bonds. The number of nitrogens with zero attached hydrogens (tertiary/aromatic N) is 1. The van der Waals surface area contributed by atoms with Crippen LogP contribution in [-0.4, -0.2) is 29.9 Å². The summed E-state index contributed by atoms with van der Waals surface area (Å²) >= 11 is 0. The van der Waals surface area contributed by atoms with Gasteiger partial charge in [0.1, 0.15) is 0 Å². The van der Waals surface area contributed by atoms with Crippen molar-refractivity contribution in [1.82, 2.24) is 4.90 Å². The smallest absolute Gasteiger partial charge is 0.239 e. The highest BCUT2D eigenvalue weighted by molar-refractivity contribution is 5.81. The second kappa shape index (κ2) is 6.11. The van der Waals surface area contributed by atoms with Crippen molar-refractivity contribution in [3.63, 3.8) is 0 Å². The first-order valence-electron chi connectivity index (χ1n) is 6.23. The van der Waals surface area contributed by atoms with Crippen molar-refractivity contribution < 1.29 is 4.79 Å². The molecule has 3 nitrogen and oxygen atoms in total. The highest BCUT2D eigenvalue weighted by Crippen LogP contribution is 2.20. The topological polar surface area (TPSA) is 46.3 Å². The van der Waals surface area contributed by atoms with Crippen molar-refractivity contribution >= 4 is 5.91 Å². The van der Waals surface area contributed by atoms with E-state index in [-0.39, 0.29) is 11.9 Å². The van der Waals surface area contributed by atoms with E-state index in [4.69, 9.17) is 5.73 Å². The molecule has 15 heavy (non-hydrogen) atoms. The molecule has 2 N–H and O–H groups in total. The Balaban J connectivity index is 2.35. The predicted molar refractivity (Wildman–Crippen MR) is 62.5 cm³/mol. The van der Waals surface area contributed by atoms with Crippen LogP contribution in [0.5, 0.6) is 0 Å². The van der Waals surface area contributed by atoms with Gasteiger partial charge >= 0.3 is 0 Å². The van der Waals surface area contributed by atoms with Crippen molar-refractivity contribution in [2.75, 3.05) is 13.1 Å². The van der Waals surface area contributed by atoms with Crippen LogP contribution in [0.3, 0.4) is 0 Å². The van der Waals surface area contributed by atoms with E-state index >= 15 is 0 Å². The van der Waals surface area contributed by atoms with E-state index in [0.29, 0.717) is 0 Å². The molecular weight excluding hydrogens is 188 g/mol. The minimum atomic E-state index is -0.270. The summed E-state index contributed by atoms with van der Waals surface area (Å²) in [6, 6.07) is -0.270. The Hall–Kier alpha value is -0.570. The van der Waals surface area contributed by atoms with Crippen LogP contribution < -0.4 is 5.73 Å². The summed E-state index contributed by atoms with van der Waals surface area (Å²) < 4.78 is 0. The number of piperidine rings is 1. The van der Waals surface area contributed by atoms with Crippen molar-refractivity contribution in [2.24, 2.45) is 11.7 Å². The average molecular weight is 212 g/mol. The fraction of sp³-hybridized carbons (Fsp3) is 0.917. The Labute approximate surface area is 93.0 Å². The summed E-state index contributed by atoms with van der Waals surface area (Å²) in [5, 5.41) is 0. The molecular formula is C12H24N2O. The normalized spacial score (nSPS) is 20.3. The van der Waals surface area contributed by atoms with Gasteiger partial charge in [0.15, 0.2) is 0 Å². The van der Waals surface area contributed by atoms with E-state index in [1.807, 2.05) is 4.90 Å². The van der Waals surface area contributed by atoms with Gasteiger partial charge in [0.2, 0.25) is 5.91 Å². The number of amides is 1. The van der Waals surface area contributed by atoms with Gasteiger partial charge in [0.05, 0.1) is 6.04 Å². The predicted octanol–water partition coefficient (Wildman–Crippen LogP) is 1.76. The number of hydrogen-bond donors (Lipinski definition) is 1. The molecule has 0 aromatic rings. The van der Waals surface area contributed by atoms with Gasteiger partial charge in [-0.15, -0.1) is 0 Å². The van der Waals surface area contributed by atoms with Gasteiger partial charge in [-0.2, -0.15) is 0 Å². The maximum absolute atomic E-state index is 11.9. The molecule has 0 aliphatic carbocycles. The van der Waals surface area contributed by atoms with Crippen molar-refractivity contribution in [3.8, 4) is 0 Å². The van der Waals surface area contributed by atoms with Crippen molar-refractivity contribution in [1.29, 1.82) is 0 Å². The number of likely N-dealkylation sites (tertiary alicyclic amines) is 1. The number of nitrogens with two attached hydrogens (primary N) is 1. The van der Waals surface area contributed by atoms with E-state index in [0.717, 1.165) is 44.7 Å². The molecule has 1 heterocycles. The zero-order valence-corrected chi connectivity index (χ0v) is 10.0. The average Bonchev–Trinajstić information content (AvgIpc) is 2.28. The first-order valence-corrected chi connectivity index (χ1v) is 6.23. The molecule has 0 bridgehead atoms. The first-order chi connectivity index (χ1) is 7.19. The molecule has 1 saturated heterocycles. The summed E-state index contributed by atoms with van der Waals surface area (Å²) in [6.07, 6.45) is 5.34. The molecule has 88 valence electrons. The molecule has 1 fully saturated rings. The lowest BCUT2D eigenvalue weighted by molar-refractivity contribution is -0.134. The maximum atomic E-state index is 11.9. The summed E-state index contributed by atoms with van der Waals surface area (Å²) in [5.74, 6) is 0.975. The SMILES string of the molecule is CCC[C@H](N)C(=O)N1CCC(CC)CC1. The molecule has 0 radical (unpaired) electrons. The van der Waals surface area contributed by atoms with Gasteiger partial charge < -0.3 is 10.6 Å². The Bertz CT molecular complexity index is 198. The van der Waals surface area contributed by atoms with Crippen LogP contribution in [0, 0.1) is 5.92 Å². The number of carbonyl (C=O) groups is 1. The fourth-order valence-corrected chi connectivity index (χ4v) is 2.23. The van der Waals surface area contributed by atoms with Gasteiger partial charge in [-0.25, -0.2) is 0 Å². The molecule has 0 spiro atoms. The van der Waals surface area contributed by atoms with Gasteiger partial charge in [-0.1, -0.05) is 26.7 Å². The Kier molecular flexibility index (Phi) is 5.09.